The SMILES string of the molecule is CNC(c1ccc(C)s1)c1cnnn1C. The minimum absolute atomic E-state index is 0.184. The van der Waals surface area contributed by atoms with Gasteiger partial charge in [-0.3, -0.25) is 4.68 Å². The van der Waals surface area contributed by atoms with Crippen LogP contribution in [0.5, 0.6) is 0 Å². The van der Waals surface area contributed by atoms with Crippen molar-refractivity contribution in [2.24, 2.45) is 7.05 Å². The molecule has 0 aliphatic heterocycles. The summed E-state index contributed by atoms with van der Waals surface area (Å²) in [5.41, 5.74) is 1.08. The van der Waals surface area contributed by atoms with Crippen LogP contribution >= 0.6 is 11.3 Å². The third kappa shape index (κ3) is 1.93. The average Bonchev–Trinajstić information content (AvgIpc) is 2.79. The largest absolute Gasteiger partial charge is 0.307 e. The summed E-state index contributed by atoms with van der Waals surface area (Å²) in [5, 5.41) is 11.1. The number of aryl methyl sites for hydroxylation is 2. The third-order valence-corrected chi connectivity index (χ3v) is 3.45. The molecular formula is C10H14N4S. The Labute approximate surface area is 92.9 Å². The summed E-state index contributed by atoms with van der Waals surface area (Å²) in [7, 11) is 3.86. The van der Waals surface area contributed by atoms with Crippen LogP contribution in [-0.4, -0.2) is 22.0 Å². The topological polar surface area (TPSA) is 42.7 Å². The normalized spacial score (nSPS) is 13.0. The number of rotatable bonds is 3. The smallest absolute Gasteiger partial charge is 0.0855 e. The van der Waals surface area contributed by atoms with Gasteiger partial charge in [0.2, 0.25) is 0 Å². The molecule has 1 N–H and O–H groups in total. The van der Waals surface area contributed by atoms with E-state index in [0.717, 1.165) is 5.69 Å². The van der Waals surface area contributed by atoms with Crippen molar-refractivity contribution in [3.8, 4) is 0 Å². The predicted molar refractivity (Wildman–Crippen MR) is 61.0 cm³/mol. The summed E-state index contributed by atoms with van der Waals surface area (Å²) < 4.78 is 1.80. The summed E-state index contributed by atoms with van der Waals surface area (Å²) in [5.74, 6) is 0. The van der Waals surface area contributed by atoms with Crippen LogP contribution < -0.4 is 5.32 Å². The number of hydrogen-bond donors (Lipinski definition) is 1. The van der Waals surface area contributed by atoms with Crippen LogP contribution in [0.15, 0.2) is 18.3 Å². The molecule has 4 nitrogen and oxygen atoms in total. The Balaban J connectivity index is 2.36. The van der Waals surface area contributed by atoms with Gasteiger partial charge >= 0.3 is 0 Å². The Bertz CT molecular complexity index is 446. The molecule has 5 heteroatoms. The van der Waals surface area contributed by atoms with Crippen molar-refractivity contribution in [3.05, 3.63) is 33.8 Å². The van der Waals surface area contributed by atoms with E-state index in [1.54, 1.807) is 22.2 Å². The first-order valence-corrected chi connectivity index (χ1v) is 5.62. The summed E-state index contributed by atoms with van der Waals surface area (Å²) >= 11 is 1.80. The van der Waals surface area contributed by atoms with Gasteiger partial charge in [0.05, 0.1) is 17.9 Å². The number of nitrogens with one attached hydrogen (secondary N) is 1. The second-order valence-electron chi connectivity index (χ2n) is 3.45. The Morgan fingerprint density at radius 1 is 1.47 bits per heavy atom. The molecule has 2 aromatic rings. The first-order chi connectivity index (χ1) is 7.22. The molecular weight excluding hydrogens is 208 g/mol. The molecule has 80 valence electrons. The van der Waals surface area contributed by atoms with Crippen LogP contribution in [-0.2, 0) is 7.05 Å². The molecule has 15 heavy (non-hydrogen) atoms. The Morgan fingerprint density at radius 3 is 2.73 bits per heavy atom. The van der Waals surface area contributed by atoms with Crippen LogP contribution in [0, 0.1) is 6.92 Å². The van der Waals surface area contributed by atoms with Crippen molar-refractivity contribution in [1.82, 2.24) is 20.3 Å². The molecule has 0 radical (unpaired) electrons. The second-order valence-corrected chi connectivity index (χ2v) is 4.77. The van der Waals surface area contributed by atoms with E-state index in [2.05, 4.69) is 34.7 Å². The third-order valence-electron chi connectivity index (χ3n) is 2.38. The van der Waals surface area contributed by atoms with E-state index in [0.29, 0.717) is 0 Å². The Kier molecular flexibility index (Phi) is 2.83. The van der Waals surface area contributed by atoms with E-state index in [1.807, 2.05) is 14.1 Å². The van der Waals surface area contributed by atoms with Gasteiger partial charge in [0.1, 0.15) is 0 Å². The molecule has 1 unspecified atom stereocenters. The van der Waals surface area contributed by atoms with Gasteiger partial charge in [0, 0.05) is 16.8 Å². The fraction of sp³-hybridized carbons (Fsp3) is 0.400. The van der Waals surface area contributed by atoms with Crippen molar-refractivity contribution in [2.45, 2.75) is 13.0 Å². The fourth-order valence-electron chi connectivity index (χ4n) is 1.60. The van der Waals surface area contributed by atoms with E-state index >= 15 is 0 Å². The number of thiophene rings is 1. The average molecular weight is 222 g/mol. The quantitative estimate of drug-likeness (QED) is 0.855. The molecule has 0 saturated heterocycles. The van der Waals surface area contributed by atoms with Gasteiger partial charge in [0.25, 0.3) is 0 Å². The first-order valence-electron chi connectivity index (χ1n) is 4.80. The van der Waals surface area contributed by atoms with Crippen LogP contribution in [0.4, 0.5) is 0 Å². The van der Waals surface area contributed by atoms with Crippen molar-refractivity contribution in [1.29, 1.82) is 0 Å². The van der Waals surface area contributed by atoms with Gasteiger partial charge in [-0.1, -0.05) is 5.21 Å². The van der Waals surface area contributed by atoms with Gasteiger partial charge in [-0.2, -0.15) is 0 Å². The molecule has 0 bridgehead atoms. The highest BCUT2D eigenvalue weighted by Gasteiger charge is 2.17. The molecule has 0 saturated carbocycles. The van der Waals surface area contributed by atoms with Gasteiger partial charge in [-0.25, -0.2) is 0 Å². The molecule has 2 rings (SSSR count). The molecule has 0 aliphatic rings. The monoisotopic (exact) mass is 222 g/mol. The minimum atomic E-state index is 0.184. The first kappa shape index (κ1) is 10.3. The maximum absolute atomic E-state index is 3.95. The second kappa shape index (κ2) is 4.12. The highest BCUT2D eigenvalue weighted by molar-refractivity contribution is 7.12. The van der Waals surface area contributed by atoms with Crippen LogP contribution in [0.25, 0.3) is 0 Å². The number of aromatic nitrogens is 3. The lowest BCUT2D eigenvalue weighted by Crippen LogP contribution is -2.19. The maximum atomic E-state index is 3.95. The molecule has 0 amide bonds. The van der Waals surface area contributed by atoms with E-state index < -0.39 is 0 Å². The molecule has 0 fully saturated rings. The highest BCUT2D eigenvalue weighted by Crippen LogP contribution is 2.26. The number of hydrogen-bond acceptors (Lipinski definition) is 4. The lowest BCUT2D eigenvalue weighted by molar-refractivity contribution is 0.604. The molecule has 0 aliphatic carbocycles. The predicted octanol–water partition coefficient (Wildman–Crippen LogP) is 1.49. The Morgan fingerprint density at radius 2 is 2.27 bits per heavy atom. The standard InChI is InChI=1S/C10H14N4S/c1-7-4-5-9(15-7)10(11-2)8-6-12-13-14(8)3/h4-6,10-11H,1-3H3. The number of nitrogens with zero attached hydrogens (tertiary/aromatic N) is 3. The van der Waals surface area contributed by atoms with Crippen molar-refractivity contribution in [3.63, 3.8) is 0 Å². The summed E-state index contributed by atoms with van der Waals surface area (Å²) in [6, 6.07) is 4.46. The van der Waals surface area contributed by atoms with Gasteiger partial charge in [0.15, 0.2) is 0 Å². The molecule has 0 spiro atoms. The molecule has 2 aromatic heterocycles. The van der Waals surface area contributed by atoms with E-state index in [4.69, 9.17) is 0 Å². The van der Waals surface area contributed by atoms with Gasteiger partial charge in [-0.15, -0.1) is 16.4 Å². The Hall–Kier alpha value is -1.20. The van der Waals surface area contributed by atoms with Crippen LogP contribution in [0.2, 0.25) is 0 Å². The minimum Gasteiger partial charge on any atom is -0.307 e. The van der Waals surface area contributed by atoms with Crippen molar-refractivity contribution >= 4 is 11.3 Å². The van der Waals surface area contributed by atoms with E-state index in [1.165, 1.54) is 9.75 Å². The zero-order valence-corrected chi connectivity index (χ0v) is 9.88. The van der Waals surface area contributed by atoms with Gasteiger partial charge < -0.3 is 5.32 Å². The summed E-state index contributed by atoms with van der Waals surface area (Å²) in [6.45, 7) is 2.11. The van der Waals surface area contributed by atoms with E-state index in [-0.39, 0.29) is 6.04 Å². The van der Waals surface area contributed by atoms with Crippen molar-refractivity contribution in [2.75, 3.05) is 7.05 Å². The highest BCUT2D eigenvalue weighted by atomic mass is 32.1. The maximum Gasteiger partial charge on any atom is 0.0855 e. The van der Waals surface area contributed by atoms with Crippen LogP contribution in [0.3, 0.4) is 0 Å². The molecule has 1 atom stereocenters. The summed E-state index contributed by atoms with van der Waals surface area (Å²) in [4.78, 5) is 2.61. The molecule has 2 heterocycles. The fourth-order valence-corrected chi connectivity index (χ4v) is 2.60. The lowest BCUT2D eigenvalue weighted by Gasteiger charge is -2.13. The van der Waals surface area contributed by atoms with E-state index in [9.17, 15) is 0 Å². The molecule has 0 aromatic carbocycles. The zero-order valence-electron chi connectivity index (χ0n) is 9.06. The zero-order chi connectivity index (χ0) is 10.8. The lowest BCUT2D eigenvalue weighted by atomic mass is 10.2. The van der Waals surface area contributed by atoms with Crippen LogP contribution in [0.1, 0.15) is 21.5 Å². The van der Waals surface area contributed by atoms with Crippen molar-refractivity contribution < 1.29 is 0 Å². The summed E-state index contributed by atoms with van der Waals surface area (Å²) in [6.07, 6.45) is 1.80. The van der Waals surface area contributed by atoms with Gasteiger partial charge in [-0.05, 0) is 26.1 Å².